The molecule has 0 radical (unpaired) electrons. The van der Waals surface area contributed by atoms with Gasteiger partial charge in [0.25, 0.3) is 11.4 Å². The van der Waals surface area contributed by atoms with Crippen LogP contribution in [0.1, 0.15) is 25.8 Å². The lowest BCUT2D eigenvalue weighted by atomic mass is 10.1. The number of rotatable bonds is 6. The molecule has 0 aliphatic heterocycles. The zero-order chi connectivity index (χ0) is 18.7. The van der Waals surface area contributed by atoms with Crippen LogP contribution >= 0.6 is 0 Å². The van der Waals surface area contributed by atoms with Crippen molar-refractivity contribution in [3.63, 3.8) is 0 Å². The number of nitro benzene ring substituents is 2. The summed E-state index contributed by atoms with van der Waals surface area (Å²) >= 11 is 0. The van der Waals surface area contributed by atoms with Gasteiger partial charge in [0.2, 0.25) is 0 Å². The number of halogens is 3. The van der Waals surface area contributed by atoms with Gasteiger partial charge < -0.3 is 4.90 Å². The topological polar surface area (TPSA) is 113 Å². The first-order valence-electron chi connectivity index (χ1n) is 6.74. The number of nitriles is 1. The van der Waals surface area contributed by atoms with Gasteiger partial charge in [-0.25, -0.2) is 0 Å². The molecule has 11 heteroatoms. The standard InChI is InChI=1S/C13H13F3N4O4/c1-3-4-18(8(2)7-17)12-10(19(21)22)5-9(13(14,15)16)6-11(12)20(23)24/h5-6,8H,3-4H2,1-2H3. The summed E-state index contributed by atoms with van der Waals surface area (Å²) in [5, 5.41) is 31.4. The Balaban J connectivity index is 3.82. The van der Waals surface area contributed by atoms with Gasteiger partial charge >= 0.3 is 6.18 Å². The normalized spacial score (nSPS) is 12.3. The smallest absolute Gasteiger partial charge is 0.345 e. The Morgan fingerprint density at radius 2 is 1.71 bits per heavy atom. The molecule has 8 nitrogen and oxygen atoms in total. The van der Waals surface area contributed by atoms with Crippen LogP contribution in [0.15, 0.2) is 12.1 Å². The second-order valence-corrected chi connectivity index (χ2v) is 4.87. The summed E-state index contributed by atoms with van der Waals surface area (Å²) in [5.41, 5.74) is -4.22. The van der Waals surface area contributed by atoms with Crippen molar-refractivity contribution in [1.29, 1.82) is 5.26 Å². The zero-order valence-electron chi connectivity index (χ0n) is 12.7. The van der Waals surface area contributed by atoms with E-state index in [1.54, 1.807) is 13.0 Å². The van der Waals surface area contributed by atoms with Crippen molar-refractivity contribution in [2.45, 2.75) is 32.5 Å². The molecule has 1 rings (SSSR count). The van der Waals surface area contributed by atoms with Gasteiger partial charge in [0.15, 0.2) is 5.69 Å². The van der Waals surface area contributed by atoms with Gasteiger partial charge in [0, 0.05) is 18.7 Å². The highest BCUT2D eigenvalue weighted by atomic mass is 19.4. The summed E-state index contributed by atoms with van der Waals surface area (Å²) in [6.45, 7) is 3.04. The van der Waals surface area contributed by atoms with Crippen LogP contribution in [0.4, 0.5) is 30.2 Å². The fourth-order valence-electron chi connectivity index (χ4n) is 2.15. The predicted molar refractivity (Wildman–Crippen MR) is 77.5 cm³/mol. The number of benzene rings is 1. The van der Waals surface area contributed by atoms with Crippen molar-refractivity contribution in [2.24, 2.45) is 0 Å². The molecule has 1 unspecified atom stereocenters. The zero-order valence-corrected chi connectivity index (χ0v) is 12.7. The minimum atomic E-state index is -4.98. The molecule has 0 saturated heterocycles. The van der Waals surface area contributed by atoms with Crippen LogP contribution in [0.25, 0.3) is 0 Å². The number of alkyl halides is 3. The van der Waals surface area contributed by atoms with Gasteiger partial charge in [-0.3, -0.25) is 20.2 Å². The summed E-state index contributed by atoms with van der Waals surface area (Å²) in [7, 11) is 0. The van der Waals surface area contributed by atoms with Gasteiger partial charge in [-0.15, -0.1) is 0 Å². The molecule has 0 spiro atoms. The quantitative estimate of drug-likeness (QED) is 0.574. The van der Waals surface area contributed by atoms with E-state index >= 15 is 0 Å². The highest BCUT2D eigenvalue weighted by Gasteiger charge is 2.39. The number of hydrogen-bond acceptors (Lipinski definition) is 6. The van der Waals surface area contributed by atoms with Crippen LogP contribution in [0.3, 0.4) is 0 Å². The van der Waals surface area contributed by atoms with Crippen molar-refractivity contribution in [3.8, 4) is 6.07 Å². The maximum atomic E-state index is 12.9. The third kappa shape index (κ3) is 3.89. The van der Waals surface area contributed by atoms with Gasteiger partial charge in [-0.2, -0.15) is 18.4 Å². The van der Waals surface area contributed by atoms with E-state index in [1.807, 2.05) is 0 Å². The van der Waals surface area contributed by atoms with Gasteiger partial charge in [0.1, 0.15) is 6.04 Å². The lowest BCUT2D eigenvalue weighted by Gasteiger charge is -2.26. The summed E-state index contributed by atoms with van der Waals surface area (Å²) in [4.78, 5) is 21.2. The highest BCUT2D eigenvalue weighted by molar-refractivity contribution is 5.77. The van der Waals surface area contributed by atoms with Crippen LogP contribution in [0.2, 0.25) is 0 Å². The van der Waals surface area contributed by atoms with Crippen LogP contribution < -0.4 is 4.90 Å². The lowest BCUT2D eigenvalue weighted by Crippen LogP contribution is -2.34. The first kappa shape index (κ1) is 19.1. The minimum Gasteiger partial charge on any atom is -0.345 e. The Bertz CT molecular complexity index is 664. The lowest BCUT2D eigenvalue weighted by molar-refractivity contribution is -0.393. The molecule has 0 fully saturated rings. The van der Waals surface area contributed by atoms with E-state index in [1.165, 1.54) is 6.92 Å². The maximum absolute atomic E-state index is 12.9. The van der Waals surface area contributed by atoms with Gasteiger partial charge in [0.05, 0.1) is 21.5 Å². The Labute approximate surface area is 134 Å². The first-order chi connectivity index (χ1) is 11.0. The highest BCUT2D eigenvalue weighted by Crippen LogP contribution is 2.43. The van der Waals surface area contributed by atoms with Crippen molar-refractivity contribution in [3.05, 3.63) is 37.9 Å². The predicted octanol–water partition coefficient (Wildman–Crippen LogP) is 3.65. The van der Waals surface area contributed by atoms with Crippen LogP contribution in [0.5, 0.6) is 0 Å². The van der Waals surface area contributed by atoms with Crippen LogP contribution in [0, 0.1) is 31.6 Å². The summed E-state index contributed by atoms with van der Waals surface area (Å²) < 4.78 is 38.6. The fraction of sp³-hybridized carbons (Fsp3) is 0.462. The molecule has 0 amide bonds. The molecular weight excluding hydrogens is 333 g/mol. The second-order valence-electron chi connectivity index (χ2n) is 4.87. The largest absolute Gasteiger partial charge is 0.416 e. The molecular formula is C13H13F3N4O4. The monoisotopic (exact) mass is 346 g/mol. The summed E-state index contributed by atoms with van der Waals surface area (Å²) in [5.74, 6) is 0. The van der Waals surface area contributed by atoms with Crippen molar-refractivity contribution >= 4 is 17.1 Å². The molecule has 0 heterocycles. The number of nitrogens with zero attached hydrogens (tertiary/aromatic N) is 4. The molecule has 0 N–H and O–H groups in total. The molecule has 24 heavy (non-hydrogen) atoms. The van der Waals surface area contributed by atoms with E-state index in [4.69, 9.17) is 5.26 Å². The number of hydrogen-bond donors (Lipinski definition) is 0. The Morgan fingerprint density at radius 1 is 1.25 bits per heavy atom. The van der Waals surface area contributed by atoms with E-state index in [-0.39, 0.29) is 18.7 Å². The molecule has 130 valence electrons. The van der Waals surface area contributed by atoms with Gasteiger partial charge in [-0.1, -0.05) is 6.92 Å². The molecule has 0 aliphatic rings. The molecule has 0 aliphatic carbocycles. The third-order valence-electron chi connectivity index (χ3n) is 3.20. The molecule has 0 bridgehead atoms. The van der Waals surface area contributed by atoms with Crippen molar-refractivity contribution < 1.29 is 23.0 Å². The Morgan fingerprint density at radius 3 is 2.00 bits per heavy atom. The van der Waals surface area contributed by atoms with Crippen LogP contribution in [-0.4, -0.2) is 22.4 Å². The average Bonchev–Trinajstić information content (AvgIpc) is 2.49. The third-order valence-corrected chi connectivity index (χ3v) is 3.20. The summed E-state index contributed by atoms with van der Waals surface area (Å²) in [6, 6.07) is 1.27. The maximum Gasteiger partial charge on any atom is 0.416 e. The molecule has 0 aromatic heterocycles. The molecule has 1 atom stereocenters. The molecule has 0 saturated carbocycles. The first-order valence-corrected chi connectivity index (χ1v) is 6.74. The average molecular weight is 346 g/mol. The van der Waals surface area contributed by atoms with E-state index in [9.17, 15) is 33.4 Å². The SMILES string of the molecule is CCCN(c1c([N+](=O)[O-])cc(C(F)(F)F)cc1[N+](=O)[O-])C(C)C#N. The number of nitro groups is 2. The summed E-state index contributed by atoms with van der Waals surface area (Å²) in [6.07, 6.45) is -4.61. The fourth-order valence-corrected chi connectivity index (χ4v) is 2.15. The molecule has 1 aromatic carbocycles. The van der Waals surface area contributed by atoms with Gasteiger partial charge in [-0.05, 0) is 13.3 Å². The van der Waals surface area contributed by atoms with Crippen LogP contribution in [-0.2, 0) is 6.18 Å². The Hall–Kier alpha value is -2.90. The van der Waals surface area contributed by atoms with E-state index < -0.39 is 44.7 Å². The van der Waals surface area contributed by atoms with Crippen molar-refractivity contribution in [1.82, 2.24) is 0 Å². The Kier molecular flexibility index (Phi) is 5.68. The minimum absolute atomic E-state index is 0.0295. The molecule has 1 aromatic rings. The number of anilines is 1. The van der Waals surface area contributed by atoms with E-state index in [2.05, 4.69) is 0 Å². The van der Waals surface area contributed by atoms with Crippen molar-refractivity contribution in [2.75, 3.05) is 11.4 Å². The van der Waals surface area contributed by atoms with E-state index in [0.29, 0.717) is 6.42 Å². The van der Waals surface area contributed by atoms with E-state index in [0.717, 1.165) is 4.90 Å². The second kappa shape index (κ2) is 7.12.